The van der Waals surface area contributed by atoms with Crippen molar-refractivity contribution in [1.82, 2.24) is 0 Å². The fourth-order valence-corrected chi connectivity index (χ4v) is 5.10. The largest absolute Gasteiger partial charge is 0.294 e. The quantitative estimate of drug-likeness (QED) is 0.787. The van der Waals surface area contributed by atoms with Crippen LogP contribution in [0.4, 0.5) is 5.69 Å². The third kappa shape index (κ3) is 2.97. The van der Waals surface area contributed by atoms with Crippen LogP contribution in [0.1, 0.15) is 35.7 Å². The summed E-state index contributed by atoms with van der Waals surface area (Å²) in [5.41, 5.74) is 2.43. The molecule has 4 rings (SSSR count). The van der Waals surface area contributed by atoms with Crippen molar-refractivity contribution < 1.29 is 13.2 Å². The first kappa shape index (κ1) is 16.3. The Hall–Kier alpha value is -2.14. The lowest BCUT2D eigenvalue weighted by atomic mass is 9.96. The second-order valence-corrected chi connectivity index (χ2v) is 9.00. The minimum Gasteiger partial charge on any atom is -0.294 e. The summed E-state index contributed by atoms with van der Waals surface area (Å²) in [5.74, 6) is 0.526. The van der Waals surface area contributed by atoms with Gasteiger partial charge in [-0.2, -0.15) is 0 Å². The van der Waals surface area contributed by atoms with Gasteiger partial charge in [-0.15, -0.1) is 0 Å². The summed E-state index contributed by atoms with van der Waals surface area (Å²) in [5, 5.41) is 0. The summed E-state index contributed by atoms with van der Waals surface area (Å²) in [6.45, 7) is 2.54. The monoisotopic (exact) mass is 355 g/mol. The number of nitrogens with zero attached hydrogens (tertiary/aromatic N) is 1. The maximum Gasteiger partial charge on any atom is 0.264 e. The normalized spacial score (nSPS) is 20.2. The molecule has 0 aromatic heterocycles. The first-order valence-corrected chi connectivity index (χ1v) is 10.2. The molecule has 1 aliphatic heterocycles. The van der Waals surface area contributed by atoms with E-state index in [1.807, 2.05) is 24.3 Å². The molecule has 1 aliphatic carbocycles. The Morgan fingerprint density at radius 1 is 1.04 bits per heavy atom. The SMILES string of the molecule is CC1Cc2ccccc2N(S(=O)(=O)c2ccc(C(=O)C3CC3)cc2)C1. The predicted molar refractivity (Wildman–Crippen MR) is 97.3 cm³/mol. The van der Waals surface area contributed by atoms with Crippen LogP contribution in [0.5, 0.6) is 0 Å². The molecule has 2 aromatic rings. The average molecular weight is 355 g/mol. The van der Waals surface area contributed by atoms with Crippen LogP contribution >= 0.6 is 0 Å². The highest BCUT2D eigenvalue weighted by molar-refractivity contribution is 7.92. The van der Waals surface area contributed by atoms with Gasteiger partial charge in [0.2, 0.25) is 0 Å². The van der Waals surface area contributed by atoms with E-state index in [1.54, 1.807) is 24.3 Å². The molecule has 0 N–H and O–H groups in total. The summed E-state index contributed by atoms with van der Waals surface area (Å²) in [6.07, 6.45) is 2.78. The van der Waals surface area contributed by atoms with E-state index < -0.39 is 10.0 Å². The summed E-state index contributed by atoms with van der Waals surface area (Å²) in [7, 11) is -3.63. The van der Waals surface area contributed by atoms with Gasteiger partial charge in [0, 0.05) is 18.0 Å². The Morgan fingerprint density at radius 3 is 2.40 bits per heavy atom. The number of ketones is 1. The zero-order chi connectivity index (χ0) is 17.6. The zero-order valence-electron chi connectivity index (χ0n) is 14.2. The molecule has 0 radical (unpaired) electrons. The van der Waals surface area contributed by atoms with Crippen LogP contribution in [0.2, 0.25) is 0 Å². The highest BCUT2D eigenvalue weighted by atomic mass is 32.2. The van der Waals surface area contributed by atoms with Gasteiger partial charge >= 0.3 is 0 Å². The maximum absolute atomic E-state index is 13.2. The molecule has 0 bridgehead atoms. The van der Waals surface area contributed by atoms with Gasteiger partial charge in [-0.25, -0.2) is 8.42 Å². The molecule has 2 aromatic carbocycles. The minimum absolute atomic E-state index is 0.126. The van der Waals surface area contributed by atoms with Crippen LogP contribution in [0.25, 0.3) is 0 Å². The van der Waals surface area contributed by atoms with Gasteiger partial charge < -0.3 is 0 Å². The molecule has 25 heavy (non-hydrogen) atoms. The standard InChI is InChI=1S/C20H21NO3S/c1-14-12-17-4-2-3-5-19(17)21(13-14)25(23,24)18-10-8-16(9-11-18)20(22)15-6-7-15/h2-5,8-11,14-15H,6-7,12-13H2,1H3. The van der Waals surface area contributed by atoms with Crippen LogP contribution in [0, 0.1) is 11.8 Å². The lowest BCUT2D eigenvalue weighted by Gasteiger charge is -2.33. The molecule has 1 atom stereocenters. The van der Waals surface area contributed by atoms with Gasteiger partial charge in [0.15, 0.2) is 5.78 Å². The topological polar surface area (TPSA) is 54.5 Å². The Balaban J connectivity index is 1.68. The van der Waals surface area contributed by atoms with Gasteiger partial charge in [0.05, 0.1) is 10.6 Å². The molecule has 0 amide bonds. The number of carbonyl (C=O) groups is 1. The molecule has 1 heterocycles. The van der Waals surface area contributed by atoms with Crippen molar-refractivity contribution >= 4 is 21.5 Å². The second kappa shape index (κ2) is 5.99. The van der Waals surface area contributed by atoms with E-state index in [0.717, 1.165) is 30.5 Å². The third-order valence-corrected chi connectivity index (χ3v) is 6.78. The van der Waals surface area contributed by atoms with Crippen LogP contribution < -0.4 is 4.31 Å². The Kier molecular flexibility index (Phi) is 3.91. The molecule has 1 unspecified atom stereocenters. The number of carbonyl (C=O) groups excluding carboxylic acids is 1. The number of hydrogen-bond acceptors (Lipinski definition) is 3. The molecule has 2 aliphatic rings. The predicted octanol–water partition coefficient (Wildman–Crippen LogP) is 3.67. The summed E-state index contributed by atoms with van der Waals surface area (Å²) in [6, 6.07) is 14.1. The molecular formula is C20H21NO3S. The lowest BCUT2D eigenvalue weighted by molar-refractivity contribution is 0.0967. The molecule has 5 heteroatoms. The first-order chi connectivity index (χ1) is 12.0. The van der Waals surface area contributed by atoms with Crippen LogP contribution in [-0.4, -0.2) is 20.7 Å². The number of para-hydroxylation sites is 1. The van der Waals surface area contributed by atoms with Gasteiger partial charge in [-0.05, 0) is 48.9 Å². The number of Topliss-reactive ketones (excluding diaryl/α,β-unsaturated/α-hetero) is 1. The first-order valence-electron chi connectivity index (χ1n) is 8.72. The average Bonchev–Trinajstić information content (AvgIpc) is 3.45. The van der Waals surface area contributed by atoms with Crippen molar-refractivity contribution in [2.75, 3.05) is 10.8 Å². The van der Waals surface area contributed by atoms with Crippen molar-refractivity contribution in [1.29, 1.82) is 0 Å². The number of benzene rings is 2. The van der Waals surface area contributed by atoms with Gasteiger partial charge in [-0.1, -0.05) is 37.3 Å². The molecular weight excluding hydrogens is 334 g/mol. The molecule has 0 spiro atoms. The number of hydrogen-bond donors (Lipinski definition) is 0. The Bertz CT molecular complexity index is 914. The highest BCUT2D eigenvalue weighted by Gasteiger charge is 2.33. The number of rotatable bonds is 4. The molecule has 130 valence electrons. The van der Waals surface area contributed by atoms with Crippen molar-refractivity contribution in [3.8, 4) is 0 Å². The van der Waals surface area contributed by atoms with E-state index in [2.05, 4.69) is 6.92 Å². The fraction of sp³-hybridized carbons (Fsp3) is 0.350. The van der Waals surface area contributed by atoms with Crippen LogP contribution in [0.15, 0.2) is 53.4 Å². The van der Waals surface area contributed by atoms with Gasteiger partial charge in [-0.3, -0.25) is 9.10 Å². The van der Waals surface area contributed by atoms with E-state index in [1.165, 1.54) is 4.31 Å². The maximum atomic E-state index is 13.2. The summed E-state index contributed by atoms with van der Waals surface area (Å²) < 4.78 is 27.8. The van der Waals surface area contributed by atoms with Crippen molar-refractivity contribution in [2.24, 2.45) is 11.8 Å². The van der Waals surface area contributed by atoms with Gasteiger partial charge in [0.1, 0.15) is 0 Å². The zero-order valence-corrected chi connectivity index (χ0v) is 15.0. The minimum atomic E-state index is -3.63. The molecule has 4 nitrogen and oxygen atoms in total. The van der Waals surface area contributed by atoms with E-state index in [-0.39, 0.29) is 22.5 Å². The van der Waals surface area contributed by atoms with Crippen LogP contribution in [-0.2, 0) is 16.4 Å². The smallest absolute Gasteiger partial charge is 0.264 e. The van der Waals surface area contributed by atoms with E-state index in [0.29, 0.717) is 12.1 Å². The van der Waals surface area contributed by atoms with E-state index in [4.69, 9.17) is 0 Å². The van der Waals surface area contributed by atoms with E-state index in [9.17, 15) is 13.2 Å². The number of fused-ring (bicyclic) bond motifs is 1. The Morgan fingerprint density at radius 2 is 1.72 bits per heavy atom. The molecule has 1 saturated carbocycles. The third-order valence-electron chi connectivity index (χ3n) is 4.98. The lowest BCUT2D eigenvalue weighted by Crippen LogP contribution is -2.39. The van der Waals surface area contributed by atoms with Crippen molar-refractivity contribution in [3.05, 3.63) is 59.7 Å². The van der Waals surface area contributed by atoms with Crippen molar-refractivity contribution in [3.63, 3.8) is 0 Å². The van der Waals surface area contributed by atoms with E-state index >= 15 is 0 Å². The fourth-order valence-electron chi connectivity index (χ4n) is 3.48. The summed E-state index contributed by atoms with van der Waals surface area (Å²) in [4.78, 5) is 12.4. The highest BCUT2D eigenvalue weighted by Crippen LogP contribution is 2.35. The van der Waals surface area contributed by atoms with Crippen molar-refractivity contribution in [2.45, 2.75) is 31.1 Å². The number of sulfonamides is 1. The van der Waals surface area contributed by atoms with Crippen LogP contribution in [0.3, 0.4) is 0 Å². The second-order valence-electron chi connectivity index (χ2n) is 7.14. The number of anilines is 1. The molecule has 0 saturated heterocycles. The Labute approximate surface area is 148 Å². The summed E-state index contributed by atoms with van der Waals surface area (Å²) >= 11 is 0. The van der Waals surface area contributed by atoms with Gasteiger partial charge in [0.25, 0.3) is 10.0 Å². The molecule has 1 fully saturated rings.